The van der Waals surface area contributed by atoms with Crippen LogP contribution >= 0.6 is 0 Å². The van der Waals surface area contributed by atoms with Crippen molar-refractivity contribution in [2.75, 3.05) is 19.8 Å². The van der Waals surface area contributed by atoms with Gasteiger partial charge in [0.2, 0.25) is 5.91 Å². The molecule has 5 rings (SSSR count). The molecule has 0 radical (unpaired) electrons. The van der Waals surface area contributed by atoms with Gasteiger partial charge >= 0.3 is 12.1 Å². The standard InChI is InChI=1S/C32H34N2O7/c1-20(40-18-21-9-3-2-4-10-21)28(31(36)37)34-30(35)29-22(15-16-39-29)17-33-32(38)41-19-27-25-13-7-5-11-23(25)24-12-6-8-14-26(24)27/h2-14,20,22,27-29H,15-19H2,1H3,(H,33,38)(H,34,35)(H,36,37)/t20-,22-,28+,29-/m1/s1. The normalized spacial score (nSPS) is 19.0. The van der Waals surface area contributed by atoms with Crippen LogP contribution in [0.5, 0.6) is 0 Å². The van der Waals surface area contributed by atoms with Crippen molar-refractivity contribution in [2.45, 2.75) is 44.1 Å². The molecule has 1 heterocycles. The average Bonchev–Trinajstić information content (AvgIpc) is 3.59. The van der Waals surface area contributed by atoms with Gasteiger partial charge in [0.1, 0.15) is 12.7 Å². The van der Waals surface area contributed by atoms with Gasteiger partial charge in [0, 0.05) is 25.0 Å². The van der Waals surface area contributed by atoms with Gasteiger partial charge in [0.05, 0.1) is 12.7 Å². The van der Waals surface area contributed by atoms with E-state index in [2.05, 4.69) is 34.9 Å². The second-order valence-corrected chi connectivity index (χ2v) is 10.4. The Morgan fingerprint density at radius 3 is 2.24 bits per heavy atom. The molecule has 0 spiro atoms. The van der Waals surface area contributed by atoms with Gasteiger partial charge < -0.3 is 30.0 Å². The number of nitrogens with one attached hydrogen (secondary N) is 2. The lowest BCUT2D eigenvalue weighted by atomic mass is 9.98. The number of carbonyl (C=O) groups excluding carboxylic acids is 2. The van der Waals surface area contributed by atoms with E-state index in [4.69, 9.17) is 14.2 Å². The first kappa shape index (κ1) is 28.3. The van der Waals surface area contributed by atoms with Gasteiger partial charge in [-0.2, -0.15) is 0 Å². The van der Waals surface area contributed by atoms with E-state index in [1.807, 2.05) is 54.6 Å². The number of benzene rings is 3. The van der Waals surface area contributed by atoms with Crippen molar-refractivity contribution in [1.29, 1.82) is 0 Å². The van der Waals surface area contributed by atoms with Crippen molar-refractivity contribution in [2.24, 2.45) is 5.92 Å². The zero-order valence-corrected chi connectivity index (χ0v) is 22.8. The summed E-state index contributed by atoms with van der Waals surface area (Å²) < 4.78 is 17.0. The highest BCUT2D eigenvalue weighted by molar-refractivity contribution is 5.87. The summed E-state index contributed by atoms with van der Waals surface area (Å²) in [5, 5.41) is 15.1. The highest BCUT2D eigenvalue weighted by Gasteiger charge is 2.38. The summed E-state index contributed by atoms with van der Waals surface area (Å²) in [6.07, 6.45) is -1.72. The van der Waals surface area contributed by atoms with E-state index in [0.717, 1.165) is 27.8 Å². The Balaban J connectivity index is 1.12. The first-order chi connectivity index (χ1) is 19.9. The molecule has 2 aliphatic rings. The molecule has 9 heteroatoms. The molecule has 3 N–H and O–H groups in total. The number of rotatable bonds is 11. The Hall–Kier alpha value is -4.21. The molecule has 1 saturated heterocycles. The third kappa shape index (κ3) is 6.58. The maximum atomic E-state index is 13.0. The zero-order valence-electron chi connectivity index (χ0n) is 22.8. The number of hydrogen-bond donors (Lipinski definition) is 3. The number of carboxylic acids is 1. The SMILES string of the molecule is C[C@@H](OCc1ccccc1)[C@H](NC(=O)[C@@H]1OCC[C@@H]1CNC(=O)OCC1c2ccccc2-c2ccccc21)C(=O)O. The Labute approximate surface area is 238 Å². The van der Waals surface area contributed by atoms with E-state index in [-0.39, 0.29) is 31.6 Å². The number of ether oxygens (including phenoxy) is 3. The number of alkyl carbamates (subject to hydrolysis) is 1. The molecule has 3 aromatic rings. The average molecular weight is 559 g/mol. The minimum Gasteiger partial charge on any atom is -0.480 e. The predicted octanol–water partition coefficient (Wildman–Crippen LogP) is 4.10. The number of amides is 2. The van der Waals surface area contributed by atoms with Crippen molar-refractivity contribution >= 4 is 18.0 Å². The maximum Gasteiger partial charge on any atom is 0.407 e. The molecule has 9 nitrogen and oxygen atoms in total. The molecule has 3 aromatic carbocycles. The van der Waals surface area contributed by atoms with Crippen molar-refractivity contribution in [3.05, 3.63) is 95.6 Å². The fraction of sp³-hybridized carbons (Fsp3) is 0.344. The molecule has 4 atom stereocenters. The molecule has 2 amide bonds. The molecule has 1 aliphatic carbocycles. The van der Waals surface area contributed by atoms with Gasteiger partial charge in [0.15, 0.2) is 6.04 Å². The van der Waals surface area contributed by atoms with E-state index < -0.39 is 36.2 Å². The minimum atomic E-state index is -1.26. The first-order valence-corrected chi connectivity index (χ1v) is 13.8. The Morgan fingerprint density at radius 2 is 1.59 bits per heavy atom. The Kier molecular flexibility index (Phi) is 8.96. The minimum absolute atomic E-state index is 0.0551. The largest absolute Gasteiger partial charge is 0.480 e. The Morgan fingerprint density at radius 1 is 0.951 bits per heavy atom. The molecule has 0 aromatic heterocycles. The Bertz CT molecular complexity index is 1330. The van der Waals surface area contributed by atoms with E-state index in [9.17, 15) is 19.5 Å². The summed E-state index contributed by atoms with van der Waals surface area (Å²) in [6, 6.07) is 24.3. The summed E-state index contributed by atoms with van der Waals surface area (Å²) in [4.78, 5) is 37.6. The predicted molar refractivity (Wildman–Crippen MR) is 151 cm³/mol. The number of hydrogen-bond acceptors (Lipinski definition) is 6. The lowest BCUT2D eigenvalue weighted by Gasteiger charge is -2.25. The van der Waals surface area contributed by atoms with Crippen molar-refractivity contribution in [1.82, 2.24) is 10.6 Å². The molecule has 0 bridgehead atoms. The summed E-state index contributed by atoms with van der Waals surface area (Å²) in [5.41, 5.74) is 5.44. The fourth-order valence-electron chi connectivity index (χ4n) is 5.51. The lowest BCUT2D eigenvalue weighted by molar-refractivity contribution is -0.148. The van der Waals surface area contributed by atoms with E-state index >= 15 is 0 Å². The number of fused-ring (bicyclic) bond motifs is 3. The highest BCUT2D eigenvalue weighted by Crippen LogP contribution is 2.44. The fourth-order valence-corrected chi connectivity index (χ4v) is 5.51. The van der Waals surface area contributed by atoms with Crippen molar-refractivity contribution in [3.8, 4) is 11.1 Å². The van der Waals surface area contributed by atoms with Crippen LogP contribution in [0.4, 0.5) is 4.79 Å². The van der Waals surface area contributed by atoms with Crippen LogP contribution in [0.15, 0.2) is 78.9 Å². The quantitative estimate of drug-likeness (QED) is 0.324. The molecular weight excluding hydrogens is 524 g/mol. The van der Waals surface area contributed by atoms with Gasteiger partial charge in [-0.15, -0.1) is 0 Å². The third-order valence-electron chi connectivity index (χ3n) is 7.71. The summed E-state index contributed by atoms with van der Waals surface area (Å²) in [5.74, 6) is -2.14. The van der Waals surface area contributed by atoms with Gasteiger partial charge in [-0.3, -0.25) is 4.79 Å². The summed E-state index contributed by atoms with van der Waals surface area (Å²) in [6.45, 7) is 2.49. The van der Waals surface area contributed by atoms with Gasteiger partial charge in [-0.25, -0.2) is 9.59 Å². The molecule has 214 valence electrons. The van der Waals surface area contributed by atoms with E-state index in [0.29, 0.717) is 13.0 Å². The highest BCUT2D eigenvalue weighted by atomic mass is 16.5. The monoisotopic (exact) mass is 558 g/mol. The van der Waals surface area contributed by atoms with Crippen LogP contribution in [0.3, 0.4) is 0 Å². The van der Waals surface area contributed by atoms with Crippen LogP contribution in [0.1, 0.15) is 36.0 Å². The van der Waals surface area contributed by atoms with Gasteiger partial charge in [-0.05, 0) is 41.2 Å². The molecule has 1 fully saturated rings. The third-order valence-corrected chi connectivity index (χ3v) is 7.71. The van der Waals surface area contributed by atoms with Crippen LogP contribution in [0.2, 0.25) is 0 Å². The molecule has 0 unspecified atom stereocenters. The van der Waals surface area contributed by atoms with Crippen LogP contribution in [-0.2, 0) is 30.4 Å². The molecule has 41 heavy (non-hydrogen) atoms. The topological polar surface area (TPSA) is 123 Å². The van der Waals surface area contributed by atoms with Crippen LogP contribution in [0, 0.1) is 5.92 Å². The molecule has 0 saturated carbocycles. The lowest BCUT2D eigenvalue weighted by Crippen LogP contribution is -2.53. The van der Waals surface area contributed by atoms with Gasteiger partial charge in [0.25, 0.3) is 0 Å². The van der Waals surface area contributed by atoms with Crippen LogP contribution in [0.25, 0.3) is 11.1 Å². The summed E-state index contributed by atoms with van der Waals surface area (Å²) in [7, 11) is 0. The molecular formula is C32H34N2O7. The second-order valence-electron chi connectivity index (χ2n) is 10.4. The first-order valence-electron chi connectivity index (χ1n) is 13.8. The second kappa shape index (κ2) is 13.0. The van der Waals surface area contributed by atoms with Crippen molar-refractivity contribution in [3.63, 3.8) is 0 Å². The number of carbonyl (C=O) groups is 3. The van der Waals surface area contributed by atoms with E-state index in [1.54, 1.807) is 6.92 Å². The summed E-state index contributed by atoms with van der Waals surface area (Å²) >= 11 is 0. The number of aliphatic carboxylic acids is 1. The zero-order chi connectivity index (χ0) is 28.8. The van der Waals surface area contributed by atoms with Crippen LogP contribution < -0.4 is 10.6 Å². The van der Waals surface area contributed by atoms with Gasteiger partial charge in [-0.1, -0.05) is 78.9 Å². The smallest absolute Gasteiger partial charge is 0.407 e. The van der Waals surface area contributed by atoms with E-state index in [1.165, 1.54) is 0 Å². The molecule has 1 aliphatic heterocycles. The maximum absolute atomic E-state index is 13.0. The number of carboxylic acid groups (broad SMARTS) is 1. The van der Waals surface area contributed by atoms with Crippen molar-refractivity contribution < 1.29 is 33.7 Å². The van der Waals surface area contributed by atoms with Crippen LogP contribution in [-0.4, -0.2) is 61.1 Å².